The van der Waals surface area contributed by atoms with Gasteiger partial charge in [0.15, 0.2) is 0 Å². The second-order valence-electron chi connectivity index (χ2n) is 6.64. The fourth-order valence-electron chi connectivity index (χ4n) is 3.03. The van der Waals surface area contributed by atoms with Gasteiger partial charge in [-0.3, -0.25) is 4.68 Å². The van der Waals surface area contributed by atoms with Crippen LogP contribution in [0.3, 0.4) is 0 Å². The Hall–Kier alpha value is -2.08. The Morgan fingerprint density at radius 1 is 1.43 bits per heavy atom. The summed E-state index contributed by atoms with van der Waals surface area (Å²) in [5.41, 5.74) is 1.68. The van der Waals surface area contributed by atoms with Crippen molar-refractivity contribution in [3.8, 4) is 0 Å². The van der Waals surface area contributed by atoms with Crippen molar-refractivity contribution in [2.75, 3.05) is 11.9 Å². The molecule has 1 heterocycles. The molecule has 0 aliphatic heterocycles. The van der Waals surface area contributed by atoms with Crippen LogP contribution in [0.5, 0.6) is 0 Å². The van der Waals surface area contributed by atoms with Crippen molar-refractivity contribution < 1.29 is 9.90 Å². The molecule has 3 rings (SSSR count). The molecule has 0 bridgehead atoms. The summed E-state index contributed by atoms with van der Waals surface area (Å²) in [5, 5.41) is 20.7. The van der Waals surface area contributed by atoms with E-state index in [2.05, 4.69) is 29.6 Å². The first-order chi connectivity index (χ1) is 11.0. The first kappa shape index (κ1) is 15.8. The molecule has 3 N–H and O–H groups in total. The van der Waals surface area contributed by atoms with Crippen LogP contribution in [-0.2, 0) is 0 Å². The van der Waals surface area contributed by atoms with Crippen LogP contribution in [0.2, 0.25) is 0 Å². The summed E-state index contributed by atoms with van der Waals surface area (Å²) in [6, 6.07) is 5.81. The summed E-state index contributed by atoms with van der Waals surface area (Å²) < 4.78 is 1.92. The fourth-order valence-corrected chi connectivity index (χ4v) is 3.03. The molecule has 2 atom stereocenters. The number of rotatable bonds is 4. The first-order valence-corrected chi connectivity index (χ1v) is 8.23. The van der Waals surface area contributed by atoms with Crippen LogP contribution >= 0.6 is 0 Å². The molecular weight excluding hydrogens is 292 g/mol. The van der Waals surface area contributed by atoms with Gasteiger partial charge >= 0.3 is 6.03 Å². The number of carbonyl (C=O) groups excluding carboxylic acids is 1. The summed E-state index contributed by atoms with van der Waals surface area (Å²) >= 11 is 0. The number of aromatic nitrogens is 2. The van der Waals surface area contributed by atoms with Crippen molar-refractivity contribution in [3.05, 3.63) is 24.4 Å². The van der Waals surface area contributed by atoms with E-state index in [1.807, 2.05) is 29.1 Å². The molecule has 1 aromatic carbocycles. The summed E-state index contributed by atoms with van der Waals surface area (Å²) in [6.07, 6.45) is 4.38. The quantitative estimate of drug-likeness (QED) is 0.811. The Morgan fingerprint density at radius 2 is 2.26 bits per heavy atom. The minimum absolute atomic E-state index is 0.204. The molecular formula is C17H24N4O2. The number of benzene rings is 1. The van der Waals surface area contributed by atoms with E-state index >= 15 is 0 Å². The molecule has 0 radical (unpaired) electrons. The van der Waals surface area contributed by atoms with E-state index in [4.69, 9.17) is 0 Å². The SMILES string of the molecule is CC(C)n1cc2cc(NC(=O)NC[C@H]3CC[C@H](O)C3)ccc2n1. The van der Waals surface area contributed by atoms with Crippen molar-refractivity contribution in [2.24, 2.45) is 5.92 Å². The summed E-state index contributed by atoms with van der Waals surface area (Å²) in [5.74, 6) is 0.377. The highest BCUT2D eigenvalue weighted by atomic mass is 16.3. The molecule has 1 fully saturated rings. The Bertz CT molecular complexity index is 695. The average Bonchev–Trinajstić information content (AvgIpc) is 3.10. The third-order valence-corrected chi connectivity index (χ3v) is 4.37. The minimum Gasteiger partial charge on any atom is -0.393 e. The van der Waals surface area contributed by atoms with Gasteiger partial charge in [0.25, 0.3) is 0 Å². The predicted octanol–water partition coefficient (Wildman–Crippen LogP) is 2.90. The van der Waals surface area contributed by atoms with Crippen LogP contribution in [0.4, 0.5) is 10.5 Å². The van der Waals surface area contributed by atoms with E-state index in [0.29, 0.717) is 18.5 Å². The van der Waals surface area contributed by atoms with Crippen LogP contribution in [0, 0.1) is 5.92 Å². The maximum Gasteiger partial charge on any atom is 0.319 e. The van der Waals surface area contributed by atoms with Crippen molar-refractivity contribution >= 4 is 22.6 Å². The molecule has 23 heavy (non-hydrogen) atoms. The second-order valence-corrected chi connectivity index (χ2v) is 6.64. The number of fused-ring (bicyclic) bond motifs is 1. The van der Waals surface area contributed by atoms with E-state index in [9.17, 15) is 9.90 Å². The van der Waals surface area contributed by atoms with Gasteiger partial charge in [0.05, 0.1) is 11.6 Å². The number of amides is 2. The predicted molar refractivity (Wildman–Crippen MR) is 90.5 cm³/mol. The molecule has 1 aliphatic rings. The third-order valence-electron chi connectivity index (χ3n) is 4.37. The molecule has 0 saturated heterocycles. The summed E-state index contributed by atoms with van der Waals surface area (Å²) in [7, 11) is 0. The Morgan fingerprint density at radius 3 is 2.96 bits per heavy atom. The van der Waals surface area contributed by atoms with Crippen LogP contribution < -0.4 is 10.6 Å². The topological polar surface area (TPSA) is 79.2 Å². The van der Waals surface area contributed by atoms with Gasteiger partial charge in [-0.15, -0.1) is 0 Å². The lowest BCUT2D eigenvalue weighted by Crippen LogP contribution is -2.32. The monoisotopic (exact) mass is 316 g/mol. The Labute approximate surface area is 135 Å². The van der Waals surface area contributed by atoms with Crippen LogP contribution in [0.1, 0.15) is 39.2 Å². The van der Waals surface area contributed by atoms with Gasteiger partial charge < -0.3 is 15.7 Å². The number of urea groups is 1. The van der Waals surface area contributed by atoms with Crippen LogP contribution in [0.25, 0.3) is 10.9 Å². The number of aliphatic hydroxyl groups is 1. The van der Waals surface area contributed by atoms with Crippen LogP contribution in [-0.4, -0.2) is 33.6 Å². The lowest BCUT2D eigenvalue weighted by atomic mass is 10.1. The lowest BCUT2D eigenvalue weighted by Gasteiger charge is -2.11. The molecule has 0 spiro atoms. The molecule has 124 valence electrons. The number of anilines is 1. The zero-order chi connectivity index (χ0) is 16.4. The highest BCUT2D eigenvalue weighted by molar-refractivity contribution is 5.92. The smallest absolute Gasteiger partial charge is 0.319 e. The zero-order valence-corrected chi connectivity index (χ0v) is 13.6. The van der Waals surface area contributed by atoms with E-state index in [1.54, 1.807) is 0 Å². The van der Waals surface area contributed by atoms with E-state index in [-0.39, 0.29) is 12.1 Å². The van der Waals surface area contributed by atoms with Crippen molar-refractivity contribution in [3.63, 3.8) is 0 Å². The van der Waals surface area contributed by atoms with Crippen molar-refractivity contribution in [1.82, 2.24) is 15.1 Å². The normalized spacial score (nSPS) is 21.0. The standard InChI is InChI=1S/C17H24N4O2/c1-11(2)21-10-13-8-14(4-6-16(13)20-21)19-17(23)18-9-12-3-5-15(22)7-12/h4,6,8,10-12,15,22H,3,5,7,9H2,1-2H3,(H2,18,19,23)/t12-,15-/m0/s1. The molecule has 0 unspecified atom stereocenters. The molecule has 6 heteroatoms. The lowest BCUT2D eigenvalue weighted by molar-refractivity contribution is 0.177. The van der Waals surface area contributed by atoms with E-state index in [0.717, 1.165) is 35.9 Å². The Balaban J connectivity index is 1.58. The van der Waals surface area contributed by atoms with Gasteiger partial charge in [-0.1, -0.05) is 0 Å². The molecule has 1 saturated carbocycles. The van der Waals surface area contributed by atoms with Gasteiger partial charge in [0, 0.05) is 29.9 Å². The highest BCUT2D eigenvalue weighted by Gasteiger charge is 2.22. The van der Waals surface area contributed by atoms with Gasteiger partial charge in [-0.25, -0.2) is 4.79 Å². The largest absolute Gasteiger partial charge is 0.393 e. The fraction of sp³-hybridized carbons (Fsp3) is 0.529. The number of hydrogen-bond acceptors (Lipinski definition) is 3. The molecule has 6 nitrogen and oxygen atoms in total. The maximum absolute atomic E-state index is 12.0. The zero-order valence-electron chi connectivity index (χ0n) is 13.6. The second kappa shape index (κ2) is 6.58. The highest BCUT2D eigenvalue weighted by Crippen LogP contribution is 2.24. The minimum atomic E-state index is -0.206. The first-order valence-electron chi connectivity index (χ1n) is 8.23. The van der Waals surface area contributed by atoms with Crippen molar-refractivity contribution in [1.29, 1.82) is 0 Å². The third kappa shape index (κ3) is 3.82. The summed E-state index contributed by atoms with van der Waals surface area (Å²) in [4.78, 5) is 12.0. The Kier molecular flexibility index (Phi) is 4.52. The molecule has 2 aromatic rings. The summed E-state index contributed by atoms with van der Waals surface area (Å²) in [6.45, 7) is 4.77. The van der Waals surface area contributed by atoms with Gasteiger partial charge in [0.2, 0.25) is 0 Å². The number of hydrogen-bond donors (Lipinski definition) is 3. The van der Waals surface area contributed by atoms with Gasteiger partial charge in [-0.2, -0.15) is 5.10 Å². The van der Waals surface area contributed by atoms with Crippen molar-refractivity contribution in [2.45, 2.75) is 45.3 Å². The van der Waals surface area contributed by atoms with E-state index in [1.165, 1.54) is 0 Å². The number of carbonyl (C=O) groups is 1. The van der Waals surface area contributed by atoms with Gasteiger partial charge in [-0.05, 0) is 57.2 Å². The molecule has 1 aromatic heterocycles. The number of aliphatic hydroxyl groups excluding tert-OH is 1. The van der Waals surface area contributed by atoms with E-state index < -0.39 is 0 Å². The number of nitrogens with zero attached hydrogens (tertiary/aromatic N) is 2. The average molecular weight is 316 g/mol. The van der Waals surface area contributed by atoms with Crippen LogP contribution in [0.15, 0.2) is 24.4 Å². The maximum atomic E-state index is 12.0. The van der Waals surface area contributed by atoms with Gasteiger partial charge in [0.1, 0.15) is 0 Å². The molecule has 1 aliphatic carbocycles. The molecule has 2 amide bonds. The number of nitrogens with one attached hydrogen (secondary N) is 2.